The molecule has 0 spiro atoms. The van der Waals surface area contributed by atoms with Crippen molar-refractivity contribution in [3.8, 4) is 11.5 Å². The molecule has 0 unspecified atom stereocenters. The van der Waals surface area contributed by atoms with Crippen molar-refractivity contribution in [3.63, 3.8) is 0 Å². The minimum Gasteiger partial charge on any atom is -0.488 e. The van der Waals surface area contributed by atoms with Gasteiger partial charge in [-0.25, -0.2) is 0 Å². The van der Waals surface area contributed by atoms with Gasteiger partial charge in [-0.3, -0.25) is 0 Å². The molecule has 2 N–H and O–H groups in total. The van der Waals surface area contributed by atoms with Crippen molar-refractivity contribution in [2.45, 2.75) is 32.2 Å². The Morgan fingerprint density at radius 2 is 1.75 bits per heavy atom. The number of rotatable bonds is 0. The summed E-state index contributed by atoms with van der Waals surface area (Å²) in [6.45, 7) is 7.57. The average Bonchev–Trinajstić information content (AvgIpc) is 2.39. The number of ether oxygens (including phenoxy) is 2. The van der Waals surface area contributed by atoms with Crippen LogP contribution in [0.25, 0.3) is 0 Å². The Morgan fingerprint density at radius 1 is 1.12 bits per heavy atom. The molecule has 0 saturated heterocycles. The van der Waals surface area contributed by atoms with Gasteiger partial charge in [-0.05, 0) is 23.1 Å². The molecule has 88 valence electrons. The smallest absolute Gasteiger partial charge is 0.161 e. The van der Waals surface area contributed by atoms with Crippen molar-refractivity contribution in [1.82, 2.24) is 0 Å². The van der Waals surface area contributed by atoms with E-state index in [1.54, 1.807) is 0 Å². The predicted octanol–water partition coefficient (Wildman–Crippen LogP) is 2.08. The second-order valence-electron chi connectivity index (χ2n) is 5.29. The Balaban J connectivity index is 2.32. The molecule has 0 radical (unpaired) electrons. The molecule has 1 aromatic carbocycles. The molecule has 0 aliphatic carbocycles. The summed E-state index contributed by atoms with van der Waals surface area (Å²) < 4.78 is 11.2. The van der Waals surface area contributed by atoms with E-state index in [0.29, 0.717) is 13.2 Å². The first kappa shape index (κ1) is 11.3. The lowest BCUT2D eigenvalue weighted by Crippen LogP contribution is -2.32. The Kier molecular flexibility index (Phi) is 2.80. The first-order valence-electron chi connectivity index (χ1n) is 5.62. The summed E-state index contributed by atoms with van der Waals surface area (Å²) in [5.41, 5.74) is 7.15. The largest absolute Gasteiger partial charge is 0.488 e. The van der Waals surface area contributed by atoms with Gasteiger partial charge in [0, 0.05) is 0 Å². The molecule has 1 aromatic rings. The van der Waals surface area contributed by atoms with Crippen molar-refractivity contribution in [1.29, 1.82) is 0 Å². The van der Waals surface area contributed by atoms with Crippen LogP contribution in [0.3, 0.4) is 0 Å². The Morgan fingerprint density at radius 3 is 2.38 bits per heavy atom. The van der Waals surface area contributed by atoms with Gasteiger partial charge in [0.15, 0.2) is 11.5 Å². The number of hydrogen-bond acceptors (Lipinski definition) is 3. The molecule has 0 bridgehead atoms. The topological polar surface area (TPSA) is 44.5 Å². The lowest BCUT2D eigenvalue weighted by Gasteiger charge is -2.20. The first-order valence-corrected chi connectivity index (χ1v) is 5.62. The second kappa shape index (κ2) is 3.98. The molecule has 3 heteroatoms. The van der Waals surface area contributed by atoms with E-state index in [4.69, 9.17) is 15.2 Å². The fourth-order valence-corrected chi connectivity index (χ4v) is 1.65. The Bertz CT molecular complexity index is 382. The maximum atomic E-state index is 5.79. The third-order valence-electron chi connectivity index (χ3n) is 2.72. The summed E-state index contributed by atoms with van der Waals surface area (Å²) in [6.07, 6.45) is 0. The molecule has 0 saturated carbocycles. The lowest BCUT2D eigenvalue weighted by molar-refractivity contribution is 0.264. The molecule has 0 amide bonds. The highest BCUT2D eigenvalue weighted by molar-refractivity contribution is 5.45. The summed E-state index contributed by atoms with van der Waals surface area (Å²) in [5, 5.41) is 0. The zero-order valence-electron chi connectivity index (χ0n) is 10.1. The third-order valence-corrected chi connectivity index (χ3v) is 2.72. The molecule has 1 aliphatic heterocycles. The van der Waals surface area contributed by atoms with E-state index in [-0.39, 0.29) is 11.5 Å². The van der Waals surface area contributed by atoms with Gasteiger partial charge < -0.3 is 15.2 Å². The summed E-state index contributed by atoms with van der Waals surface area (Å²) in [6, 6.07) is 6.05. The zero-order chi connectivity index (χ0) is 11.8. The Labute approximate surface area is 96.5 Å². The van der Waals surface area contributed by atoms with E-state index in [0.717, 1.165) is 11.5 Å². The highest BCUT2D eigenvalue weighted by Crippen LogP contribution is 2.34. The van der Waals surface area contributed by atoms with E-state index in [1.807, 2.05) is 12.1 Å². The first-order chi connectivity index (χ1) is 7.47. The number of fused-ring (bicyclic) bond motifs is 1. The molecule has 16 heavy (non-hydrogen) atoms. The van der Waals surface area contributed by atoms with Gasteiger partial charge in [-0.1, -0.05) is 26.8 Å². The Hall–Kier alpha value is -1.22. The fourth-order valence-electron chi connectivity index (χ4n) is 1.65. The van der Waals surface area contributed by atoms with Crippen LogP contribution in [0.1, 0.15) is 26.3 Å². The SMILES string of the molecule is CC(C)(C)c1ccc2c(c1)OC[C@@H](N)CO2. The normalized spacial score (nSPS) is 20.4. The van der Waals surface area contributed by atoms with Gasteiger partial charge in [-0.2, -0.15) is 0 Å². The van der Waals surface area contributed by atoms with Crippen molar-refractivity contribution in [2.75, 3.05) is 13.2 Å². The minimum absolute atomic E-state index is 0.0505. The van der Waals surface area contributed by atoms with E-state index in [2.05, 4.69) is 26.8 Å². The van der Waals surface area contributed by atoms with Crippen molar-refractivity contribution >= 4 is 0 Å². The van der Waals surface area contributed by atoms with Crippen LogP contribution in [0.5, 0.6) is 11.5 Å². The van der Waals surface area contributed by atoms with Crippen LogP contribution in [0.4, 0.5) is 0 Å². The van der Waals surface area contributed by atoms with E-state index >= 15 is 0 Å². The monoisotopic (exact) mass is 221 g/mol. The summed E-state index contributed by atoms with van der Waals surface area (Å²) in [5.74, 6) is 1.60. The van der Waals surface area contributed by atoms with E-state index < -0.39 is 0 Å². The lowest BCUT2D eigenvalue weighted by atomic mass is 9.87. The maximum absolute atomic E-state index is 5.79. The third kappa shape index (κ3) is 2.30. The van der Waals surface area contributed by atoms with Crippen molar-refractivity contribution in [3.05, 3.63) is 23.8 Å². The highest BCUT2D eigenvalue weighted by Gasteiger charge is 2.19. The minimum atomic E-state index is -0.0505. The number of benzene rings is 1. The van der Waals surface area contributed by atoms with Crippen molar-refractivity contribution in [2.24, 2.45) is 5.73 Å². The van der Waals surface area contributed by atoms with Crippen LogP contribution < -0.4 is 15.2 Å². The zero-order valence-corrected chi connectivity index (χ0v) is 10.1. The summed E-state index contributed by atoms with van der Waals surface area (Å²) in [4.78, 5) is 0. The van der Waals surface area contributed by atoms with Crippen LogP contribution in [0, 0.1) is 0 Å². The second-order valence-corrected chi connectivity index (χ2v) is 5.29. The predicted molar refractivity (Wildman–Crippen MR) is 64.1 cm³/mol. The molecule has 0 fully saturated rings. The van der Waals surface area contributed by atoms with Gasteiger partial charge in [0.2, 0.25) is 0 Å². The van der Waals surface area contributed by atoms with Crippen molar-refractivity contribution < 1.29 is 9.47 Å². The molecule has 3 nitrogen and oxygen atoms in total. The van der Waals surface area contributed by atoms with Gasteiger partial charge >= 0.3 is 0 Å². The van der Waals surface area contributed by atoms with Gasteiger partial charge in [0.05, 0.1) is 6.04 Å². The average molecular weight is 221 g/mol. The van der Waals surface area contributed by atoms with Gasteiger partial charge in [0.1, 0.15) is 13.2 Å². The maximum Gasteiger partial charge on any atom is 0.161 e. The van der Waals surface area contributed by atoms with Crippen LogP contribution in [0.15, 0.2) is 18.2 Å². The molecular weight excluding hydrogens is 202 g/mol. The highest BCUT2D eigenvalue weighted by atomic mass is 16.5. The quantitative estimate of drug-likeness (QED) is 0.729. The molecule has 0 aromatic heterocycles. The van der Waals surface area contributed by atoms with Gasteiger partial charge in [0.25, 0.3) is 0 Å². The fraction of sp³-hybridized carbons (Fsp3) is 0.538. The van der Waals surface area contributed by atoms with Gasteiger partial charge in [-0.15, -0.1) is 0 Å². The standard InChI is InChI=1S/C13H19NO2/c1-13(2,3)9-4-5-11-12(6-9)16-8-10(14)7-15-11/h4-6,10H,7-8,14H2,1-3H3/t10-/m0/s1. The summed E-state index contributed by atoms with van der Waals surface area (Å²) in [7, 11) is 0. The number of nitrogens with two attached hydrogens (primary N) is 1. The molecule has 2 rings (SSSR count). The van der Waals surface area contributed by atoms with E-state index in [9.17, 15) is 0 Å². The number of hydrogen-bond donors (Lipinski definition) is 1. The molecule has 1 atom stereocenters. The molecule has 1 aliphatic rings. The van der Waals surface area contributed by atoms with Crippen LogP contribution in [-0.4, -0.2) is 19.3 Å². The summed E-state index contributed by atoms with van der Waals surface area (Å²) >= 11 is 0. The van der Waals surface area contributed by atoms with Crippen LogP contribution >= 0.6 is 0 Å². The van der Waals surface area contributed by atoms with Crippen LogP contribution in [-0.2, 0) is 5.41 Å². The molecule has 1 heterocycles. The van der Waals surface area contributed by atoms with E-state index in [1.165, 1.54) is 5.56 Å². The molecular formula is C13H19NO2. The van der Waals surface area contributed by atoms with Crippen LogP contribution in [0.2, 0.25) is 0 Å².